The number of ketones is 1. The molecule has 0 aliphatic carbocycles. The van der Waals surface area contributed by atoms with Crippen molar-refractivity contribution in [2.24, 2.45) is 0 Å². The predicted octanol–water partition coefficient (Wildman–Crippen LogP) is 2.95. The minimum atomic E-state index is -0.325. The molecule has 0 bridgehead atoms. The summed E-state index contributed by atoms with van der Waals surface area (Å²) in [5.74, 6) is 0.0293. The Morgan fingerprint density at radius 3 is 2.62 bits per heavy atom. The summed E-state index contributed by atoms with van der Waals surface area (Å²) in [6.45, 7) is 1.51. The predicted molar refractivity (Wildman–Crippen MR) is 58.2 cm³/mol. The Morgan fingerprint density at radius 2 is 2.15 bits per heavy atom. The third-order valence-electron chi connectivity index (χ3n) is 1.59. The Morgan fingerprint density at radius 1 is 1.54 bits per heavy atom. The van der Waals surface area contributed by atoms with Crippen molar-refractivity contribution in [1.29, 1.82) is 0 Å². The van der Waals surface area contributed by atoms with E-state index in [0.717, 1.165) is 5.56 Å². The van der Waals surface area contributed by atoms with E-state index >= 15 is 0 Å². The van der Waals surface area contributed by atoms with Crippen LogP contribution in [-0.2, 0) is 4.79 Å². The Kier molecular flexibility index (Phi) is 3.33. The van der Waals surface area contributed by atoms with Crippen LogP contribution in [0.15, 0.2) is 18.2 Å². The summed E-state index contributed by atoms with van der Waals surface area (Å²) in [5, 5.41) is 0.542. The van der Waals surface area contributed by atoms with Gasteiger partial charge in [0.1, 0.15) is 5.78 Å². The van der Waals surface area contributed by atoms with Crippen LogP contribution < -0.4 is 5.73 Å². The van der Waals surface area contributed by atoms with Crippen LogP contribution in [0.25, 0.3) is 0 Å². The number of benzene rings is 1. The summed E-state index contributed by atoms with van der Waals surface area (Å²) < 4.78 is 0. The number of Topliss-reactive ketones (excluding diaryl/α,β-unsaturated/α-hetero) is 1. The molecule has 0 amide bonds. The highest BCUT2D eigenvalue weighted by molar-refractivity contribution is 9.09. The minimum Gasteiger partial charge on any atom is -0.399 e. The normalized spacial score (nSPS) is 12.5. The van der Waals surface area contributed by atoms with Crippen molar-refractivity contribution < 1.29 is 4.79 Å². The van der Waals surface area contributed by atoms with Gasteiger partial charge in [0, 0.05) is 10.7 Å². The van der Waals surface area contributed by atoms with Crippen molar-refractivity contribution in [2.45, 2.75) is 11.8 Å². The highest BCUT2D eigenvalue weighted by atomic mass is 79.9. The van der Waals surface area contributed by atoms with Crippen LogP contribution in [0.2, 0.25) is 5.02 Å². The lowest BCUT2D eigenvalue weighted by molar-refractivity contribution is -0.116. The summed E-state index contributed by atoms with van der Waals surface area (Å²) in [4.78, 5) is 10.7. The van der Waals surface area contributed by atoms with Gasteiger partial charge in [-0.05, 0) is 30.7 Å². The van der Waals surface area contributed by atoms with Crippen molar-refractivity contribution in [3.63, 3.8) is 0 Å². The number of hydrogen-bond acceptors (Lipinski definition) is 2. The summed E-state index contributed by atoms with van der Waals surface area (Å²) in [5.41, 5.74) is 6.93. The molecule has 0 radical (unpaired) electrons. The maximum Gasteiger partial charge on any atom is 0.147 e. The van der Waals surface area contributed by atoms with E-state index in [1.165, 1.54) is 6.92 Å². The van der Waals surface area contributed by atoms with E-state index in [1.807, 2.05) is 0 Å². The maximum absolute atomic E-state index is 11.0. The molecular weight excluding hydrogens is 253 g/mol. The Labute approximate surface area is 90.2 Å². The molecule has 1 rings (SSSR count). The van der Waals surface area contributed by atoms with E-state index in [9.17, 15) is 4.79 Å². The van der Waals surface area contributed by atoms with Crippen molar-refractivity contribution in [2.75, 3.05) is 5.73 Å². The summed E-state index contributed by atoms with van der Waals surface area (Å²) in [6.07, 6.45) is 0. The number of halogens is 2. The number of carbonyl (C=O) groups excluding carboxylic acids is 1. The topological polar surface area (TPSA) is 43.1 Å². The van der Waals surface area contributed by atoms with Crippen LogP contribution >= 0.6 is 27.5 Å². The molecule has 0 aromatic heterocycles. The van der Waals surface area contributed by atoms with Gasteiger partial charge >= 0.3 is 0 Å². The molecule has 70 valence electrons. The van der Waals surface area contributed by atoms with Gasteiger partial charge < -0.3 is 5.73 Å². The van der Waals surface area contributed by atoms with Gasteiger partial charge in [-0.3, -0.25) is 4.79 Å². The molecule has 0 saturated heterocycles. The van der Waals surface area contributed by atoms with E-state index < -0.39 is 0 Å². The fourth-order valence-corrected chi connectivity index (χ4v) is 1.53. The summed E-state index contributed by atoms with van der Waals surface area (Å²) in [7, 11) is 0. The van der Waals surface area contributed by atoms with Gasteiger partial charge in [0.05, 0.1) is 4.83 Å². The number of carbonyl (C=O) groups is 1. The first kappa shape index (κ1) is 10.5. The first-order valence-corrected chi connectivity index (χ1v) is 5.00. The van der Waals surface area contributed by atoms with Gasteiger partial charge in [-0.25, -0.2) is 0 Å². The largest absolute Gasteiger partial charge is 0.399 e. The third kappa shape index (κ3) is 2.71. The first-order chi connectivity index (χ1) is 6.00. The van der Waals surface area contributed by atoms with Gasteiger partial charge in [0.15, 0.2) is 0 Å². The average molecular weight is 263 g/mol. The maximum atomic E-state index is 11.0. The molecule has 0 heterocycles. The molecule has 0 saturated carbocycles. The molecule has 0 fully saturated rings. The second kappa shape index (κ2) is 4.11. The smallest absolute Gasteiger partial charge is 0.147 e. The molecular formula is C9H9BrClNO. The molecule has 2 N–H and O–H groups in total. The highest BCUT2D eigenvalue weighted by Gasteiger charge is 2.13. The van der Waals surface area contributed by atoms with E-state index in [4.69, 9.17) is 17.3 Å². The number of anilines is 1. The van der Waals surface area contributed by atoms with Crippen LogP contribution in [-0.4, -0.2) is 5.78 Å². The summed E-state index contributed by atoms with van der Waals surface area (Å²) >= 11 is 9.04. The lowest BCUT2D eigenvalue weighted by atomic mass is 10.1. The van der Waals surface area contributed by atoms with Crippen LogP contribution in [0.3, 0.4) is 0 Å². The monoisotopic (exact) mass is 261 g/mol. The standard InChI is InChI=1S/C9H9BrClNO/c1-5(13)9(10)6-2-7(11)4-8(12)3-6/h2-4,9H,12H2,1H3. The van der Waals surface area contributed by atoms with E-state index in [2.05, 4.69) is 15.9 Å². The third-order valence-corrected chi connectivity index (χ3v) is 2.98. The molecule has 1 aromatic rings. The van der Waals surface area contributed by atoms with Gasteiger partial charge in [-0.1, -0.05) is 27.5 Å². The molecule has 0 aliphatic rings. The molecule has 0 spiro atoms. The van der Waals surface area contributed by atoms with Crippen molar-refractivity contribution in [1.82, 2.24) is 0 Å². The second-order valence-electron chi connectivity index (χ2n) is 2.79. The number of rotatable bonds is 2. The Bertz CT molecular complexity index is 320. The molecule has 13 heavy (non-hydrogen) atoms. The SMILES string of the molecule is CC(=O)C(Br)c1cc(N)cc(Cl)c1. The zero-order valence-corrected chi connectivity index (χ0v) is 9.39. The minimum absolute atomic E-state index is 0.0293. The second-order valence-corrected chi connectivity index (χ2v) is 4.14. The Hall–Kier alpha value is -0.540. The fraction of sp³-hybridized carbons (Fsp3) is 0.222. The zero-order chi connectivity index (χ0) is 10.0. The molecule has 2 nitrogen and oxygen atoms in total. The lowest BCUT2D eigenvalue weighted by Gasteiger charge is -2.07. The van der Waals surface area contributed by atoms with Crippen LogP contribution in [0.1, 0.15) is 17.3 Å². The van der Waals surface area contributed by atoms with Crippen LogP contribution in [0.4, 0.5) is 5.69 Å². The molecule has 1 unspecified atom stereocenters. The number of nitrogen functional groups attached to an aromatic ring is 1. The van der Waals surface area contributed by atoms with Crippen molar-refractivity contribution in [3.8, 4) is 0 Å². The van der Waals surface area contributed by atoms with Gasteiger partial charge in [-0.2, -0.15) is 0 Å². The van der Waals surface area contributed by atoms with Gasteiger partial charge in [0.25, 0.3) is 0 Å². The van der Waals surface area contributed by atoms with Crippen LogP contribution in [0.5, 0.6) is 0 Å². The first-order valence-electron chi connectivity index (χ1n) is 3.71. The van der Waals surface area contributed by atoms with E-state index in [1.54, 1.807) is 18.2 Å². The lowest BCUT2D eigenvalue weighted by Crippen LogP contribution is -2.01. The zero-order valence-electron chi connectivity index (χ0n) is 7.05. The van der Waals surface area contributed by atoms with Crippen molar-refractivity contribution in [3.05, 3.63) is 28.8 Å². The fourth-order valence-electron chi connectivity index (χ4n) is 1.02. The summed E-state index contributed by atoms with van der Waals surface area (Å²) in [6, 6.07) is 5.09. The van der Waals surface area contributed by atoms with E-state index in [0.29, 0.717) is 10.7 Å². The molecule has 0 aliphatic heterocycles. The quantitative estimate of drug-likeness (QED) is 0.658. The number of nitrogens with two attached hydrogens (primary N) is 1. The highest BCUT2D eigenvalue weighted by Crippen LogP contribution is 2.28. The Balaban J connectivity index is 3.07. The van der Waals surface area contributed by atoms with Crippen molar-refractivity contribution >= 4 is 39.0 Å². The van der Waals surface area contributed by atoms with Gasteiger partial charge in [-0.15, -0.1) is 0 Å². The number of alkyl halides is 1. The molecule has 4 heteroatoms. The van der Waals surface area contributed by atoms with Crippen LogP contribution in [0, 0.1) is 0 Å². The van der Waals surface area contributed by atoms with Gasteiger partial charge in [0.2, 0.25) is 0 Å². The van der Waals surface area contributed by atoms with E-state index in [-0.39, 0.29) is 10.6 Å². The number of hydrogen-bond donors (Lipinski definition) is 1. The molecule has 1 aromatic carbocycles. The average Bonchev–Trinajstić information content (AvgIpc) is 2.01. The molecule has 1 atom stereocenters.